The predicted molar refractivity (Wildman–Crippen MR) is 104 cm³/mol. The molecule has 1 fully saturated rings. The van der Waals surface area contributed by atoms with E-state index in [2.05, 4.69) is 0 Å². The van der Waals surface area contributed by atoms with Gasteiger partial charge >= 0.3 is 5.97 Å². The summed E-state index contributed by atoms with van der Waals surface area (Å²) in [7, 11) is 1.31. The first-order valence-corrected chi connectivity index (χ1v) is 10.3. The second kappa shape index (κ2) is 10.7. The molecule has 1 heterocycles. The largest absolute Gasteiger partial charge is 0.460 e. The summed E-state index contributed by atoms with van der Waals surface area (Å²) in [4.78, 5) is 25.4. The van der Waals surface area contributed by atoms with Gasteiger partial charge in [-0.1, -0.05) is 41.5 Å². The smallest absolute Gasteiger partial charge is 0.338 e. The number of rotatable bonds is 2. The van der Waals surface area contributed by atoms with Crippen molar-refractivity contribution in [3.63, 3.8) is 0 Å². The van der Waals surface area contributed by atoms with E-state index in [1.165, 1.54) is 7.11 Å². The highest BCUT2D eigenvalue weighted by molar-refractivity contribution is 5.83. The molecule has 0 aromatic heterocycles. The van der Waals surface area contributed by atoms with Gasteiger partial charge in [0.2, 0.25) is 0 Å². The van der Waals surface area contributed by atoms with Crippen molar-refractivity contribution in [2.75, 3.05) is 7.11 Å². The topological polar surface area (TPSA) is 113 Å². The van der Waals surface area contributed by atoms with E-state index in [1.807, 2.05) is 6.92 Å². The van der Waals surface area contributed by atoms with E-state index < -0.39 is 54.2 Å². The minimum Gasteiger partial charge on any atom is -0.460 e. The Morgan fingerprint density at radius 3 is 2.04 bits per heavy atom. The second-order valence-corrected chi connectivity index (χ2v) is 8.53. The molecule has 10 atom stereocenters. The number of esters is 1. The van der Waals surface area contributed by atoms with E-state index in [4.69, 9.17) is 9.47 Å². The zero-order valence-electron chi connectivity index (χ0n) is 18.2. The molecule has 164 valence electrons. The minimum absolute atomic E-state index is 0.0837. The fourth-order valence-electron chi connectivity index (χ4n) is 4.26. The normalized spacial score (nSPS) is 44.6. The van der Waals surface area contributed by atoms with Crippen LogP contribution in [0.3, 0.4) is 0 Å². The number of ketones is 1. The highest BCUT2D eigenvalue weighted by Gasteiger charge is 2.41. The molecule has 0 amide bonds. The molecule has 0 spiro atoms. The molecule has 0 bridgehead atoms. The maximum Gasteiger partial charge on any atom is 0.338 e. The van der Waals surface area contributed by atoms with Crippen LogP contribution in [0.1, 0.15) is 54.4 Å². The van der Waals surface area contributed by atoms with Gasteiger partial charge in [0.1, 0.15) is 11.9 Å². The molecule has 1 aliphatic heterocycles. The van der Waals surface area contributed by atoms with Crippen molar-refractivity contribution in [2.24, 2.45) is 29.6 Å². The minimum atomic E-state index is -1.26. The Morgan fingerprint density at radius 2 is 1.54 bits per heavy atom. The number of aliphatic hydroxyl groups is 3. The molecule has 0 aliphatic carbocycles. The summed E-state index contributed by atoms with van der Waals surface area (Å²) in [5, 5.41) is 32.0. The Bertz CT molecular complexity index is 523. The Balaban J connectivity index is 3.28. The van der Waals surface area contributed by atoms with Crippen LogP contribution in [0.5, 0.6) is 0 Å². The monoisotopic (exact) mass is 402 g/mol. The SMILES string of the molecule is CC[C@H]1OC(=O)[C@H](OC)[C@@H](O)[C@H](C)[C@@H](O)[C@@H](C)C[C@@H](C)C(=O)[C@H](C)[C@@H](O)[C@H]1C. The first-order chi connectivity index (χ1) is 13.0. The van der Waals surface area contributed by atoms with E-state index in [1.54, 1.807) is 34.6 Å². The molecule has 0 radical (unpaired) electrons. The maximum atomic E-state index is 12.8. The van der Waals surface area contributed by atoms with Crippen LogP contribution in [0, 0.1) is 29.6 Å². The fourth-order valence-corrected chi connectivity index (χ4v) is 4.26. The van der Waals surface area contributed by atoms with Gasteiger partial charge in [-0.15, -0.1) is 0 Å². The van der Waals surface area contributed by atoms with E-state index in [0.29, 0.717) is 12.8 Å². The lowest BCUT2D eigenvalue weighted by Crippen LogP contribution is -2.49. The number of Topliss-reactive ketones (excluding diaryl/α,β-unsaturated/α-hetero) is 1. The third-order valence-electron chi connectivity index (χ3n) is 6.42. The Morgan fingerprint density at radius 1 is 0.964 bits per heavy atom. The van der Waals surface area contributed by atoms with E-state index in [9.17, 15) is 24.9 Å². The summed E-state index contributed by atoms with van der Waals surface area (Å²) < 4.78 is 10.7. The zero-order chi connectivity index (χ0) is 21.8. The van der Waals surface area contributed by atoms with Crippen molar-refractivity contribution < 1.29 is 34.4 Å². The van der Waals surface area contributed by atoms with Crippen LogP contribution in [0.2, 0.25) is 0 Å². The molecule has 0 saturated carbocycles. The molecular weight excluding hydrogens is 364 g/mol. The van der Waals surface area contributed by atoms with Gasteiger partial charge in [0.25, 0.3) is 0 Å². The predicted octanol–water partition coefficient (Wildman–Crippen LogP) is 1.56. The lowest BCUT2D eigenvalue weighted by Gasteiger charge is -2.36. The van der Waals surface area contributed by atoms with Gasteiger partial charge in [-0.25, -0.2) is 4.79 Å². The van der Waals surface area contributed by atoms with Crippen LogP contribution in [0.4, 0.5) is 0 Å². The van der Waals surface area contributed by atoms with Gasteiger partial charge in [0.15, 0.2) is 6.10 Å². The quantitative estimate of drug-likeness (QED) is 0.601. The second-order valence-electron chi connectivity index (χ2n) is 8.53. The lowest BCUT2D eigenvalue weighted by molar-refractivity contribution is -0.178. The number of carbonyl (C=O) groups excluding carboxylic acids is 2. The summed E-state index contributed by atoms with van der Waals surface area (Å²) in [6.07, 6.45) is -4.17. The van der Waals surface area contributed by atoms with Crippen molar-refractivity contribution in [1.82, 2.24) is 0 Å². The van der Waals surface area contributed by atoms with Crippen molar-refractivity contribution in [1.29, 1.82) is 0 Å². The van der Waals surface area contributed by atoms with E-state index in [-0.39, 0.29) is 17.6 Å². The van der Waals surface area contributed by atoms with Crippen LogP contribution in [-0.2, 0) is 19.1 Å². The molecule has 0 aromatic carbocycles. The fraction of sp³-hybridized carbons (Fsp3) is 0.905. The molecule has 1 rings (SSSR count). The van der Waals surface area contributed by atoms with Gasteiger partial charge in [-0.3, -0.25) is 4.79 Å². The van der Waals surface area contributed by atoms with Crippen LogP contribution in [-0.4, -0.2) is 64.7 Å². The Hall–Kier alpha value is -1.02. The summed E-state index contributed by atoms with van der Waals surface area (Å²) in [6, 6.07) is 0. The average Bonchev–Trinajstić information content (AvgIpc) is 2.67. The van der Waals surface area contributed by atoms with Gasteiger partial charge in [0, 0.05) is 30.8 Å². The van der Waals surface area contributed by atoms with Crippen LogP contribution in [0.15, 0.2) is 0 Å². The molecule has 28 heavy (non-hydrogen) atoms. The zero-order valence-corrected chi connectivity index (χ0v) is 18.2. The first kappa shape index (κ1) is 25.0. The summed E-state index contributed by atoms with van der Waals surface area (Å²) >= 11 is 0. The molecule has 7 nitrogen and oxygen atoms in total. The maximum absolute atomic E-state index is 12.8. The first-order valence-electron chi connectivity index (χ1n) is 10.3. The van der Waals surface area contributed by atoms with Gasteiger partial charge in [-0.2, -0.15) is 0 Å². The van der Waals surface area contributed by atoms with E-state index in [0.717, 1.165) is 0 Å². The summed E-state index contributed by atoms with van der Waals surface area (Å²) in [6.45, 7) is 10.5. The van der Waals surface area contributed by atoms with Crippen LogP contribution in [0.25, 0.3) is 0 Å². The third-order valence-corrected chi connectivity index (χ3v) is 6.42. The molecule has 0 unspecified atom stereocenters. The number of hydrogen-bond acceptors (Lipinski definition) is 7. The molecule has 1 aliphatic rings. The lowest BCUT2D eigenvalue weighted by atomic mass is 9.77. The average molecular weight is 403 g/mol. The highest BCUT2D eigenvalue weighted by Crippen LogP contribution is 2.30. The van der Waals surface area contributed by atoms with Gasteiger partial charge < -0.3 is 24.8 Å². The number of hydrogen-bond donors (Lipinski definition) is 3. The van der Waals surface area contributed by atoms with Crippen LogP contribution >= 0.6 is 0 Å². The molecule has 3 N–H and O–H groups in total. The number of carbonyl (C=O) groups is 2. The van der Waals surface area contributed by atoms with Crippen molar-refractivity contribution in [3.8, 4) is 0 Å². The summed E-state index contributed by atoms with van der Waals surface area (Å²) in [5.74, 6) is -3.20. The number of aliphatic hydroxyl groups excluding tert-OH is 3. The van der Waals surface area contributed by atoms with Crippen molar-refractivity contribution in [3.05, 3.63) is 0 Å². The Labute approximate surface area is 168 Å². The van der Waals surface area contributed by atoms with Crippen molar-refractivity contribution >= 4 is 11.8 Å². The number of cyclic esters (lactones) is 1. The van der Waals surface area contributed by atoms with Crippen molar-refractivity contribution in [2.45, 2.75) is 84.9 Å². The highest BCUT2D eigenvalue weighted by atomic mass is 16.6. The molecule has 1 saturated heterocycles. The number of ether oxygens (including phenoxy) is 2. The third kappa shape index (κ3) is 5.53. The Kier molecular flexibility index (Phi) is 9.53. The van der Waals surface area contributed by atoms with Gasteiger partial charge in [-0.05, 0) is 18.8 Å². The van der Waals surface area contributed by atoms with Crippen LogP contribution < -0.4 is 0 Å². The molecule has 7 heteroatoms. The van der Waals surface area contributed by atoms with E-state index >= 15 is 0 Å². The number of methoxy groups -OCH3 is 1. The molecule has 0 aromatic rings. The standard InChI is InChI=1S/C21H38O7/c1-8-15-12(4)18(24)13(5)16(22)10(2)9-11(3)17(23)14(6)19(25)20(27-7)21(26)28-15/h10-15,17-20,23-25H,8-9H2,1-7H3/t10-,11+,12+,13+,14-,15-,17+,18+,19+,20-/m1/s1. The van der Waals surface area contributed by atoms with Gasteiger partial charge in [0.05, 0.1) is 18.3 Å². The molecular formula is C21H38O7. The summed E-state index contributed by atoms with van der Waals surface area (Å²) in [5.41, 5.74) is 0.